The van der Waals surface area contributed by atoms with Gasteiger partial charge >= 0.3 is 0 Å². The van der Waals surface area contributed by atoms with E-state index in [2.05, 4.69) is 23.9 Å². The highest BCUT2D eigenvalue weighted by molar-refractivity contribution is 5.77. The molecule has 1 fully saturated rings. The standard InChI is InChI=1S/C14H18N4/c1-14(2)7-10(14)12-11(13(15)18(3)17-12)9-5-4-6-16-8-9/h4-6,8,10H,7,15H2,1-3H3. The van der Waals surface area contributed by atoms with E-state index in [9.17, 15) is 0 Å². The molecule has 0 aliphatic heterocycles. The Morgan fingerprint density at radius 3 is 2.72 bits per heavy atom. The number of nitrogen functional groups attached to an aromatic ring is 1. The minimum Gasteiger partial charge on any atom is -0.383 e. The summed E-state index contributed by atoms with van der Waals surface area (Å²) < 4.78 is 1.77. The summed E-state index contributed by atoms with van der Waals surface area (Å²) in [6, 6.07) is 3.98. The molecule has 1 unspecified atom stereocenters. The smallest absolute Gasteiger partial charge is 0.129 e. The molecule has 2 aromatic rings. The van der Waals surface area contributed by atoms with Gasteiger partial charge in [-0.3, -0.25) is 9.67 Å². The van der Waals surface area contributed by atoms with Crippen molar-refractivity contribution in [2.45, 2.75) is 26.2 Å². The molecule has 1 aliphatic carbocycles. The number of nitrogens with zero attached hydrogens (tertiary/aromatic N) is 3. The fraction of sp³-hybridized carbons (Fsp3) is 0.429. The molecule has 1 aliphatic rings. The predicted octanol–water partition coefficient (Wildman–Crippen LogP) is 2.58. The molecule has 2 heterocycles. The van der Waals surface area contributed by atoms with Crippen molar-refractivity contribution >= 4 is 5.82 Å². The zero-order valence-corrected chi connectivity index (χ0v) is 11.0. The second-order valence-corrected chi connectivity index (χ2v) is 5.76. The topological polar surface area (TPSA) is 56.7 Å². The highest BCUT2D eigenvalue weighted by Gasteiger charge is 2.49. The molecule has 2 N–H and O–H groups in total. The monoisotopic (exact) mass is 242 g/mol. The first-order chi connectivity index (χ1) is 8.50. The Morgan fingerprint density at radius 1 is 1.44 bits per heavy atom. The van der Waals surface area contributed by atoms with Gasteiger partial charge in [0.15, 0.2) is 0 Å². The summed E-state index contributed by atoms with van der Waals surface area (Å²) in [5.74, 6) is 1.23. The largest absolute Gasteiger partial charge is 0.383 e. The van der Waals surface area contributed by atoms with E-state index in [0.717, 1.165) is 22.6 Å². The molecule has 1 atom stereocenters. The number of hydrogen-bond acceptors (Lipinski definition) is 3. The Labute approximate surface area is 107 Å². The quantitative estimate of drug-likeness (QED) is 0.880. The van der Waals surface area contributed by atoms with Crippen LogP contribution in [0.4, 0.5) is 5.82 Å². The molecule has 4 nitrogen and oxygen atoms in total. The zero-order chi connectivity index (χ0) is 12.9. The van der Waals surface area contributed by atoms with Gasteiger partial charge in [0.25, 0.3) is 0 Å². The molecule has 1 saturated carbocycles. The van der Waals surface area contributed by atoms with Crippen LogP contribution in [0, 0.1) is 5.41 Å². The van der Waals surface area contributed by atoms with Crippen LogP contribution < -0.4 is 5.73 Å². The highest BCUT2D eigenvalue weighted by Crippen LogP contribution is 2.60. The summed E-state index contributed by atoms with van der Waals surface area (Å²) in [6.45, 7) is 4.55. The van der Waals surface area contributed by atoms with Crippen molar-refractivity contribution in [2.75, 3.05) is 5.73 Å². The molecular weight excluding hydrogens is 224 g/mol. The summed E-state index contributed by atoms with van der Waals surface area (Å²) in [5.41, 5.74) is 9.74. The minimum atomic E-state index is 0.345. The number of pyridine rings is 1. The third-order valence-corrected chi connectivity index (χ3v) is 3.91. The highest BCUT2D eigenvalue weighted by atomic mass is 15.3. The van der Waals surface area contributed by atoms with Crippen molar-refractivity contribution in [3.05, 3.63) is 30.2 Å². The molecule has 0 saturated heterocycles. The molecular formula is C14H18N4. The van der Waals surface area contributed by atoms with Crippen LogP contribution in [0.3, 0.4) is 0 Å². The van der Waals surface area contributed by atoms with Gasteiger partial charge in [-0.25, -0.2) is 0 Å². The van der Waals surface area contributed by atoms with Crippen LogP contribution in [-0.2, 0) is 7.05 Å². The van der Waals surface area contributed by atoms with Crippen molar-refractivity contribution in [1.29, 1.82) is 0 Å². The van der Waals surface area contributed by atoms with Crippen LogP contribution in [0.1, 0.15) is 31.9 Å². The first kappa shape index (κ1) is 11.3. The maximum absolute atomic E-state index is 6.16. The van der Waals surface area contributed by atoms with E-state index in [1.807, 2.05) is 25.4 Å². The van der Waals surface area contributed by atoms with E-state index >= 15 is 0 Å². The summed E-state index contributed by atoms with van der Waals surface area (Å²) in [7, 11) is 1.90. The number of hydrogen-bond donors (Lipinski definition) is 1. The van der Waals surface area contributed by atoms with E-state index in [1.165, 1.54) is 6.42 Å². The third-order valence-electron chi connectivity index (χ3n) is 3.91. The second-order valence-electron chi connectivity index (χ2n) is 5.76. The third kappa shape index (κ3) is 1.60. The normalized spacial score (nSPS) is 20.9. The average molecular weight is 242 g/mol. The van der Waals surface area contributed by atoms with Crippen molar-refractivity contribution in [2.24, 2.45) is 12.5 Å². The maximum atomic E-state index is 6.16. The molecule has 2 aromatic heterocycles. The van der Waals surface area contributed by atoms with Gasteiger partial charge in [-0.2, -0.15) is 5.10 Å². The lowest BCUT2D eigenvalue weighted by atomic mass is 10.0. The Balaban J connectivity index is 2.14. The van der Waals surface area contributed by atoms with Gasteiger partial charge in [-0.15, -0.1) is 0 Å². The summed E-state index contributed by atoms with van der Waals surface area (Å²) in [4.78, 5) is 4.18. The molecule has 94 valence electrons. The molecule has 3 rings (SSSR count). The maximum Gasteiger partial charge on any atom is 0.129 e. The summed E-state index contributed by atoms with van der Waals surface area (Å²) in [6.07, 6.45) is 4.81. The number of rotatable bonds is 2. The van der Waals surface area contributed by atoms with E-state index in [1.54, 1.807) is 10.9 Å². The SMILES string of the molecule is Cn1nc(C2CC2(C)C)c(-c2cccnc2)c1N. The average Bonchev–Trinajstić information content (AvgIpc) is 2.87. The van der Waals surface area contributed by atoms with Gasteiger partial charge in [0.1, 0.15) is 5.82 Å². The van der Waals surface area contributed by atoms with Crippen molar-refractivity contribution in [3.8, 4) is 11.1 Å². The molecule has 0 radical (unpaired) electrons. The first-order valence-corrected chi connectivity index (χ1v) is 6.23. The number of anilines is 1. The number of aryl methyl sites for hydroxylation is 1. The molecule has 0 amide bonds. The van der Waals surface area contributed by atoms with E-state index in [0.29, 0.717) is 11.3 Å². The lowest BCUT2D eigenvalue weighted by Crippen LogP contribution is -1.98. The van der Waals surface area contributed by atoms with E-state index < -0.39 is 0 Å². The van der Waals surface area contributed by atoms with Crippen LogP contribution in [0.15, 0.2) is 24.5 Å². The second kappa shape index (κ2) is 3.57. The van der Waals surface area contributed by atoms with Gasteiger partial charge in [-0.05, 0) is 17.9 Å². The Kier molecular flexibility index (Phi) is 2.24. The zero-order valence-electron chi connectivity index (χ0n) is 11.0. The first-order valence-electron chi connectivity index (χ1n) is 6.23. The lowest BCUT2D eigenvalue weighted by molar-refractivity contribution is 0.609. The van der Waals surface area contributed by atoms with Crippen LogP contribution in [0.25, 0.3) is 11.1 Å². The molecule has 18 heavy (non-hydrogen) atoms. The van der Waals surface area contributed by atoms with E-state index in [4.69, 9.17) is 5.73 Å². The fourth-order valence-electron chi connectivity index (χ4n) is 2.54. The predicted molar refractivity (Wildman–Crippen MR) is 72.0 cm³/mol. The van der Waals surface area contributed by atoms with Crippen molar-refractivity contribution in [3.63, 3.8) is 0 Å². The van der Waals surface area contributed by atoms with E-state index in [-0.39, 0.29) is 0 Å². The van der Waals surface area contributed by atoms with Gasteiger partial charge in [-0.1, -0.05) is 19.9 Å². The lowest BCUT2D eigenvalue weighted by Gasteiger charge is -2.05. The van der Waals surface area contributed by atoms with Crippen molar-refractivity contribution < 1.29 is 0 Å². The fourth-order valence-corrected chi connectivity index (χ4v) is 2.54. The molecule has 4 heteroatoms. The Bertz CT molecular complexity index is 583. The molecule has 0 spiro atoms. The van der Waals surface area contributed by atoms with Crippen LogP contribution in [0.2, 0.25) is 0 Å². The van der Waals surface area contributed by atoms with Gasteiger partial charge in [0.2, 0.25) is 0 Å². The van der Waals surface area contributed by atoms with Crippen LogP contribution >= 0.6 is 0 Å². The van der Waals surface area contributed by atoms with Gasteiger partial charge in [0, 0.05) is 36.5 Å². The van der Waals surface area contributed by atoms with Crippen molar-refractivity contribution in [1.82, 2.24) is 14.8 Å². The molecule has 0 aromatic carbocycles. The Morgan fingerprint density at radius 2 is 2.17 bits per heavy atom. The van der Waals surface area contributed by atoms with Gasteiger partial charge < -0.3 is 5.73 Å². The number of nitrogens with two attached hydrogens (primary N) is 1. The van der Waals surface area contributed by atoms with Gasteiger partial charge in [0.05, 0.1) is 5.69 Å². The summed E-state index contributed by atoms with van der Waals surface area (Å²) >= 11 is 0. The Hall–Kier alpha value is -1.84. The summed E-state index contributed by atoms with van der Waals surface area (Å²) in [5, 5.41) is 4.61. The van der Waals surface area contributed by atoms with Crippen LogP contribution in [0.5, 0.6) is 0 Å². The van der Waals surface area contributed by atoms with Crippen LogP contribution in [-0.4, -0.2) is 14.8 Å². The molecule has 0 bridgehead atoms. The number of aromatic nitrogens is 3. The minimum absolute atomic E-state index is 0.345.